The second kappa shape index (κ2) is 8.91. The summed E-state index contributed by atoms with van der Waals surface area (Å²) in [7, 11) is -3.48. The molecule has 2 aromatic rings. The molecule has 4 rings (SSSR count). The molecule has 160 valence electrons. The molecule has 0 aliphatic carbocycles. The molecule has 7 nitrogen and oxygen atoms in total. The lowest BCUT2D eigenvalue weighted by Crippen LogP contribution is -2.44. The van der Waals surface area contributed by atoms with Crippen LogP contribution in [0.25, 0.3) is 0 Å². The van der Waals surface area contributed by atoms with Crippen LogP contribution in [0.1, 0.15) is 36.0 Å². The first-order chi connectivity index (χ1) is 14.4. The molecule has 0 radical (unpaired) electrons. The van der Waals surface area contributed by atoms with Crippen LogP contribution in [0.3, 0.4) is 0 Å². The van der Waals surface area contributed by atoms with Gasteiger partial charge in [0.15, 0.2) is 0 Å². The Hall–Kier alpha value is -2.16. The topological polar surface area (TPSA) is 79.8 Å². The van der Waals surface area contributed by atoms with Gasteiger partial charge >= 0.3 is 0 Å². The van der Waals surface area contributed by atoms with Crippen LogP contribution in [0.5, 0.6) is 5.75 Å². The van der Waals surface area contributed by atoms with E-state index in [-0.39, 0.29) is 16.9 Å². The van der Waals surface area contributed by atoms with Gasteiger partial charge in [-0.25, -0.2) is 8.42 Å². The van der Waals surface area contributed by atoms with Crippen LogP contribution >= 0.6 is 11.6 Å². The molecule has 1 aromatic carbocycles. The number of benzene rings is 1. The summed E-state index contributed by atoms with van der Waals surface area (Å²) in [6.45, 7) is 2.20. The summed E-state index contributed by atoms with van der Waals surface area (Å²) in [5.41, 5.74) is 0.470. The zero-order valence-electron chi connectivity index (χ0n) is 16.5. The number of hydrogen-bond acceptors (Lipinski definition) is 5. The molecular formula is C21H24ClN3O4S. The van der Waals surface area contributed by atoms with Gasteiger partial charge in [0, 0.05) is 43.7 Å². The minimum Gasteiger partial charge on any atom is -0.487 e. The van der Waals surface area contributed by atoms with Crippen LogP contribution in [0.4, 0.5) is 0 Å². The largest absolute Gasteiger partial charge is 0.487 e. The molecule has 2 fully saturated rings. The van der Waals surface area contributed by atoms with E-state index in [0.717, 1.165) is 25.7 Å². The Morgan fingerprint density at radius 1 is 1.07 bits per heavy atom. The van der Waals surface area contributed by atoms with Crippen molar-refractivity contribution in [2.24, 2.45) is 0 Å². The monoisotopic (exact) mass is 449 g/mol. The molecular weight excluding hydrogens is 426 g/mol. The standard InChI is InChI=1S/C21H24ClN3O4S/c22-19-14-23-10-9-20(19)29-17-4-3-11-24(15-17)21(26)16-5-7-18(8-6-16)30(27,28)25-12-1-2-13-25/h5-10,14,17H,1-4,11-13,15H2/t17-/m1/s1. The Labute approximate surface area is 181 Å². The van der Waals surface area contributed by atoms with Gasteiger partial charge in [0.25, 0.3) is 5.91 Å². The van der Waals surface area contributed by atoms with E-state index >= 15 is 0 Å². The lowest BCUT2D eigenvalue weighted by molar-refractivity contribution is 0.0538. The molecule has 2 aliphatic rings. The molecule has 1 atom stereocenters. The van der Waals surface area contributed by atoms with Crippen LogP contribution in [-0.4, -0.2) is 60.8 Å². The molecule has 1 aromatic heterocycles. The number of aromatic nitrogens is 1. The number of carbonyl (C=O) groups is 1. The van der Waals surface area contributed by atoms with E-state index in [4.69, 9.17) is 16.3 Å². The molecule has 1 amide bonds. The predicted molar refractivity (Wildman–Crippen MR) is 113 cm³/mol. The highest BCUT2D eigenvalue weighted by Crippen LogP contribution is 2.26. The van der Waals surface area contributed by atoms with Gasteiger partial charge in [0.1, 0.15) is 16.9 Å². The van der Waals surface area contributed by atoms with Gasteiger partial charge < -0.3 is 9.64 Å². The number of likely N-dealkylation sites (tertiary alicyclic amines) is 1. The Balaban J connectivity index is 1.43. The van der Waals surface area contributed by atoms with Crippen molar-refractivity contribution in [2.75, 3.05) is 26.2 Å². The number of carbonyl (C=O) groups excluding carboxylic acids is 1. The third-order valence-corrected chi connectivity index (χ3v) is 7.70. The SMILES string of the molecule is O=C(c1ccc(S(=O)(=O)N2CCCC2)cc1)N1CCC[C@@H](Oc2ccncc2Cl)C1. The van der Waals surface area contributed by atoms with Crippen LogP contribution in [0, 0.1) is 0 Å². The Morgan fingerprint density at radius 2 is 1.80 bits per heavy atom. The first-order valence-electron chi connectivity index (χ1n) is 10.1. The average Bonchev–Trinajstić information content (AvgIpc) is 3.31. The van der Waals surface area contributed by atoms with Crippen molar-refractivity contribution < 1.29 is 17.9 Å². The quantitative estimate of drug-likeness (QED) is 0.700. The number of pyridine rings is 1. The van der Waals surface area contributed by atoms with Crippen LogP contribution in [0.15, 0.2) is 47.6 Å². The van der Waals surface area contributed by atoms with Crippen molar-refractivity contribution in [3.63, 3.8) is 0 Å². The fourth-order valence-corrected chi connectivity index (χ4v) is 5.57. The van der Waals surface area contributed by atoms with Gasteiger partial charge in [-0.3, -0.25) is 9.78 Å². The maximum Gasteiger partial charge on any atom is 0.253 e. The molecule has 0 saturated carbocycles. The van der Waals surface area contributed by atoms with E-state index in [0.29, 0.717) is 42.5 Å². The Morgan fingerprint density at radius 3 is 2.50 bits per heavy atom. The van der Waals surface area contributed by atoms with Gasteiger partial charge in [-0.05, 0) is 49.9 Å². The Kier molecular flexibility index (Phi) is 6.26. The number of rotatable bonds is 5. The normalized spacial score (nSPS) is 20.3. The third-order valence-electron chi connectivity index (χ3n) is 5.50. The maximum atomic E-state index is 13.0. The lowest BCUT2D eigenvalue weighted by Gasteiger charge is -2.33. The molecule has 0 unspecified atom stereocenters. The third kappa shape index (κ3) is 4.45. The molecule has 2 aliphatic heterocycles. The Bertz CT molecular complexity index is 1010. The zero-order valence-corrected chi connectivity index (χ0v) is 18.1. The lowest BCUT2D eigenvalue weighted by atomic mass is 10.1. The molecule has 2 saturated heterocycles. The van der Waals surface area contributed by atoms with Gasteiger partial charge in [-0.1, -0.05) is 11.6 Å². The number of halogens is 1. The fourth-order valence-electron chi connectivity index (χ4n) is 3.89. The van der Waals surface area contributed by atoms with Crippen molar-refractivity contribution in [3.8, 4) is 5.75 Å². The van der Waals surface area contributed by atoms with Crippen molar-refractivity contribution in [2.45, 2.75) is 36.7 Å². The van der Waals surface area contributed by atoms with Gasteiger partial charge in [0.2, 0.25) is 10.0 Å². The summed E-state index contributed by atoms with van der Waals surface area (Å²) in [5.74, 6) is 0.427. The number of sulfonamides is 1. The van der Waals surface area contributed by atoms with Crippen molar-refractivity contribution in [1.29, 1.82) is 0 Å². The summed E-state index contributed by atoms with van der Waals surface area (Å²) in [5, 5.41) is 0.441. The number of piperidine rings is 1. The smallest absolute Gasteiger partial charge is 0.253 e. The van der Waals surface area contributed by atoms with Crippen molar-refractivity contribution in [3.05, 3.63) is 53.3 Å². The molecule has 0 N–H and O–H groups in total. The molecule has 0 bridgehead atoms. The van der Waals surface area contributed by atoms with Gasteiger partial charge in [0.05, 0.1) is 11.4 Å². The summed E-state index contributed by atoms with van der Waals surface area (Å²) >= 11 is 6.12. The first kappa shape index (κ1) is 21.1. The molecule has 30 heavy (non-hydrogen) atoms. The summed E-state index contributed by atoms with van der Waals surface area (Å²) < 4.78 is 32.8. The maximum absolute atomic E-state index is 13.0. The summed E-state index contributed by atoms with van der Waals surface area (Å²) in [4.78, 5) is 18.9. The second-order valence-corrected chi connectivity index (χ2v) is 9.92. The zero-order chi connectivity index (χ0) is 21.1. The highest BCUT2D eigenvalue weighted by molar-refractivity contribution is 7.89. The number of amides is 1. The number of ether oxygens (including phenoxy) is 1. The summed E-state index contributed by atoms with van der Waals surface area (Å²) in [6.07, 6.45) is 6.41. The molecule has 3 heterocycles. The van der Waals surface area contributed by atoms with E-state index in [2.05, 4.69) is 4.98 Å². The number of hydrogen-bond donors (Lipinski definition) is 0. The van der Waals surface area contributed by atoms with Gasteiger partial charge in [-0.2, -0.15) is 4.31 Å². The number of nitrogens with zero attached hydrogens (tertiary/aromatic N) is 3. The van der Waals surface area contributed by atoms with E-state index in [1.807, 2.05) is 0 Å². The van der Waals surface area contributed by atoms with E-state index < -0.39 is 10.0 Å². The van der Waals surface area contributed by atoms with E-state index in [9.17, 15) is 13.2 Å². The van der Waals surface area contributed by atoms with Crippen molar-refractivity contribution >= 4 is 27.5 Å². The highest BCUT2D eigenvalue weighted by Gasteiger charge is 2.29. The highest BCUT2D eigenvalue weighted by atomic mass is 35.5. The molecule has 9 heteroatoms. The van der Waals surface area contributed by atoms with Crippen LogP contribution in [0.2, 0.25) is 5.02 Å². The average molecular weight is 450 g/mol. The predicted octanol–water partition coefficient (Wildman–Crippen LogP) is 3.20. The first-order valence-corrected chi connectivity index (χ1v) is 11.9. The van der Waals surface area contributed by atoms with Crippen molar-refractivity contribution in [1.82, 2.24) is 14.2 Å². The second-order valence-electron chi connectivity index (χ2n) is 7.57. The van der Waals surface area contributed by atoms with Crippen LogP contribution in [-0.2, 0) is 10.0 Å². The minimum absolute atomic E-state index is 0.130. The summed E-state index contributed by atoms with van der Waals surface area (Å²) in [6, 6.07) is 7.94. The van der Waals surface area contributed by atoms with Crippen LogP contribution < -0.4 is 4.74 Å². The van der Waals surface area contributed by atoms with E-state index in [1.54, 1.807) is 29.3 Å². The van der Waals surface area contributed by atoms with E-state index in [1.165, 1.54) is 22.6 Å². The van der Waals surface area contributed by atoms with Gasteiger partial charge in [-0.15, -0.1) is 0 Å². The minimum atomic E-state index is -3.48. The fraction of sp³-hybridized carbons (Fsp3) is 0.429. The molecule has 0 spiro atoms.